The maximum atomic E-state index is 12.1. The summed E-state index contributed by atoms with van der Waals surface area (Å²) in [6.45, 7) is 6.22. The number of carbonyl (C=O) groups is 2. The molecule has 0 aliphatic heterocycles. The molecule has 0 saturated carbocycles. The lowest BCUT2D eigenvalue weighted by atomic mass is 10.0. The van der Waals surface area contributed by atoms with Gasteiger partial charge in [-0.05, 0) is 30.5 Å². The number of carbonyl (C=O) groups excluding carboxylic acids is 2. The monoisotopic (exact) mass is 318 g/mol. The summed E-state index contributed by atoms with van der Waals surface area (Å²) in [6, 6.07) is 7.44. The van der Waals surface area contributed by atoms with E-state index >= 15 is 0 Å². The van der Waals surface area contributed by atoms with Gasteiger partial charge in [0.15, 0.2) is 10.8 Å². The van der Waals surface area contributed by atoms with E-state index in [1.165, 1.54) is 16.9 Å². The van der Waals surface area contributed by atoms with Crippen LogP contribution in [0.3, 0.4) is 0 Å². The summed E-state index contributed by atoms with van der Waals surface area (Å²) in [5.74, 6) is -0.316. The van der Waals surface area contributed by atoms with Gasteiger partial charge >= 0.3 is 5.97 Å². The van der Waals surface area contributed by atoms with Crippen LogP contribution < -0.4 is 5.32 Å². The van der Waals surface area contributed by atoms with Gasteiger partial charge in [-0.3, -0.25) is 10.1 Å². The molecule has 1 aromatic heterocycles. The molecule has 5 nitrogen and oxygen atoms in total. The highest BCUT2D eigenvalue weighted by molar-refractivity contribution is 7.14. The van der Waals surface area contributed by atoms with Crippen molar-refractivity contribution in [1.82, 2.24) is 4.98 Å². The van der Waals surface area contributed by atoms with E-state index < -0.39 is 5.97 Å². The summed E-state index contributed by atoms with van der Waals surface area (Å²) in [5, 5.41) is 4.63. The molecule has 1 amide bonds. The molecule has 1 aromatic carbocycles. The normalized spacial score (nSPS) is 10.5. The highest BCUT2D eigenvalue weighted by Gasteiger charge is 2.14. The van der Waals surface area contributed by atoms with Crippen LogP contribution in [-0.4, -0.2) is 23.5 Å². The second kappa shape index (κ2) is 7.17. The van der Waals surface area contributed by atoms with Gasteiger partial charge in [0, 0.05) is 10.9 Å². The Morgan fingerprint density at radius 2 is 1.95 bits per heavy atom. The Balaban J connectivity index is 2.04. The molecule has 6 heteroatoms. The summed E-state index contributed by atoms with van der Waals surface area (Å²) in [4.78, 5) is 27.7. The van der Waals surface area contributed by atoms with Gasteiger partial charge in [0.25, 0.3) is 5.91 Å². The molecular formula is C16H18N2O3S. The minimum Gasteiger partial charge on any atom is -0.461 e. The third-order valence-electron chi connectivity index (χ3n) is 3.05. The fourth-order valence-corrected chi connectivity index (χ4v) is 2.49. The summed E-state index contributed by atoms with van der Waals surface area (Å²) in [6.07, 6.45) is 0. The Labute approximate surface area is 133 Å². The lowest BCUT2D eigenvalue weighted by Crippen LogP contribution is -2.12. The largest absolute Gasteiger partial charge is 0.461 e. The van der Waals surface area contributed by atoms with E-state index in [0.29, 0.717) is 23.2 Å². The molecule has 2 rings (SSSR count). The Kier molecular flexibility index (Phi) is 5.27. The van der Waals surface area contributed by atoms with E-state index in [1.54, 1.807) is 24.4 Å². The average Bonchev–Trinajstić information content (AvgIpc) is 2.96. The summed E-state index contributed by atoms with van der Waals surface area (Å²) >= 11 is 1.19. The van der Waals surface area contributed by atoms with Crippen LogP contribution in [0.2, 0.25) is 0 Å². The van der Waals surface area contributed by atoms with Crippen LogP contribution in [0.1, 0.15) is 53.1 Å². The van der Waals surface area contributed by atoms with Crippen LogP contribution in [0.15, 0.2) is 29.6 Å². The van der Waals surface area contributed by atoms with Crippen LogP contribution >= 0.6 is 11.3 Å². The first kappa shape index (κ1) is 16.2. The zero-order chi connectivity index (χ0) is 16.1. The number of thiazole rings is 1. The molecule has 0 aliphatic carbocycles. The molecule has 0 bridgehead atoms. The Morgan fingerprint density at radius 3 is 2.55 bits per heavy atom. The Morgan fingerprint density at radius 1 is 1.27 bits per heavy atom. The minimum absolute atomic E-state index is 0.206. The number of rotatable bonds is 5. The van der Waals surface area contributed by atoms with Crippen molar-refractivity contribution in [2.75, 3.05) is 11.9 Å². The number of nitrogens with zero attached hydrogens (tertiary/aromatic N) is 1. The SMILES string of the molecule is CCOC(=O)c1csc(NC(=O)c2ccc(C(C)C)cc2)n1. The summed E-state index contributed by atoms with van der Waals surface area (Å²) in [5.41, 5.74) is 1.94. The van der Waals surface area contributed by atoms with Gasteiger partial charge in [-0.2, -0.15) is 0 Å². The molecule has 0 aliphatic rings. The highest BCUT2D eigenvalue weighted by Crippen LogP contribution is 2.18. The molecule has 116 valence electrons. The number of nitrogens with one attached hydrogen (secondary N) is 1. The number of esters is 1. The quantitative estimate of drug-likeness (QED) is 0.854. The second-order valence-electron chi connectivity index (χ2n) is 4.99. The number of hydrogen-bond donors (Lipinski definition) is 1. The van der Waals surface area contributed by atoms with Crippen LogP contribution in [0, 0.1) is 0 Å². The maximum Gasteiger partial charge on any atom is 0.357 e. The fourth-order valence-electron chi connectivity index (χ4n) is 1.82. The average molecular weight is 318 g/mol. The fraction of sp³-hybridized carbons (Fsp3) is 0.312. The molecule has 0 fully saturated rings. The van der Waals surface area contributed by atoms with E-state index in [2.05, 4.69) is 24.1 Å². The zero-order valence-corrected chi connectivity index (χ0v) is 13.6. The van der Waals surface area contributed by atoms with E-state index in [9.17, 15) is 9.59 Å². The third-order valence-corrected chi connectivity index (χ3v) is 3.81. The first-order valence-electron chi connectivity index (χ1n) is 7.05. The molecule has 0 radical (unpaired) electrons. The van der Waals surface area contributed by atoms with Crippen molar-refractivity contribution in [2.45, 2.75) is 26.7 Å². The van der Waals surface area contributed by atoms with Gasteiger partial charge in [-0.15, -0.1) is 11.3 Å². The number of benzene rings is 1. The Bertz CT molecular complexity index is 662. The summed E-state index contributed by atoms with van der Waals surface area (Å²) in [7, 11) is 0. The molecule has 1 N–H and O–H groups in total. The van der Waals surface area contributed by atoms with Crippen molar-refractivity contribution >= 4 is 28.3 Å². The van der Waals surface area contributed by atoms with Crippen LogP contribution in [0.25, 0.3) is 0 Å². The predicted molar refractivity (Wildman–Crippen MR) is 86.6 cm³/mol. The molecule has 0 atom stereocenters. The maximum absolute atomic E-state index is 12.1. The van der Waals surface area contributed by atoms with Crippen molar-refractivity contribution in [3.63, 3.8) is 0 Å². The van der Waals surface area contributed by atoms with Crippen molar-refractivity contribution < 1.29 is 14.3 Å². The predicted octanol–water partition coefficient (Wildman–Crippen LogP) is 3.70. The van der Waals surface area contributed by atoms with E-state index in [-0.39, 0.29) is 11.6 Å². The van der Waals surface area contributed by atoms with Gasteiger partial charge in [0.2, 0.25) is 0 Å². The highest BCUT2D eigenvalue weighted by atomic mass is 32.1. The molecule has 22 heavy (non-hydrogen) atoms. The molecule has 2 aromatic rings. The Hall–Kier alpha value is -2.21. The van der Waals surface area contributed by atoms with Crippen LogP contribution in [0.5, 0.6) is 0 Å². The van der Waals surface area contributed by atoms with Gasteiger partial charge in [0.1, 0.15) is 0 Å². The standard InChI is InChI=1S/C16H18N2O3S/c1-4-21-15(20)13-9-22-16(17-13)18-14(19)12-7-5-11(6-8-12)10(2)3/h5-10H,4H2,1-3H3,(H,17,18,19). The topological polar surface area (TPSA) is 68.3 Å². The van der Waals surface area contributed by atoms with Gasteiger partial charge < -0.3 is 4.74 Å². The first-order chi connectivity index (χ1) is 10.5. The first-order valence-corrected chi connectivity index (χ1v) is 7.93. The lowest BCUT2D eigenvalue weighted by molar-refractivity contribution is 0.0520. The molecule has 0 saturated heterocycles. The number of aromatic nitrogens is 1. The number of anilines is 1. The van der Waals surface area contributed by atoms with E-state index in [1.807, 2.05) is 12.1 Å². The zero-order valence-electron chi connectivity index (χ0n) is 12.8. The van der Waals surface area contributed by atoms with Crippen molar-refractivity contribution in [3.05, 3.63) is 46.5 Å². The number of amides is 1. The van der Waals surface area contributed by atoms with E-state index in [0.717, 1.165) is 0 Å². The van der Waals surface area contributed by atoms with Gasteiger partial charge in [0.05, 0.1) is 6.61 Å². The van der Waals surface area contributed by atoms with E-state index in [4.69, 9.17) is 4.74 Å². The molecule has 0 unspecified atom stereocenters. The number of hydrogen-bond acceptors (Lipinski definition) is 5. The molecule has 1 heterocycles. The van der Waals surface area contributed by atoms with Gasteiger partial charge in [-0.25, -0.2) is 9.78 Å². The van der Waals surface area contributed by atoms with Crippen molar-refractivity contribution in [3.8, 4) is 0 Å². The smallest absolute Gasteiger partial charge is 0.357 e. The van der Waals surface area contributed by atoms with Crippen molar-refractivity contribution in [1.29, 1.82) is 0 Å². The van der Waals surface area contributed by atoms with Crippen molar-refractivity contribution in [2.24, 2.45) is 0 Å². The third kappa shape index (κ3) is 3.92. The van der Waals surface area contributed by atoms with Crippen LogP contribution in [0.4, 0.5) is 5.13 Å². The molecular weight excluding hydrogens is 300 g/mol. The summed E-state index contributed by atoms with van der Waals surface area (Å²) < 4.78 is 4.86. The second-order valence-corrected chi connectivity index (χ2v) is 5.85. The molecule has 0 spiro atoms. The minimum atomic E-state index is -0.486. The lowest BCUT2D eigenvalue weighted by Gasteiger charge is -2.06. The van der Waals surface area contributed by atoms with Gasteiger partial charge in [-0.1, -0.05) is 26.0 Å². The number of ether oxygens (including phenoxy) is 1. The van der Waals surface area contributed by atoms with Crippen LogP contribution in [-0.2, 0) is 4.74 Å².